The Hall–Kier alpha value is -2.42. The highest BCUT2D eigenvalue weighted by Crippen LogP contribution is 2.38. The fourth-order valence-electron chi connectivity index (χ4n) is 2.62. The lowest BCUT2D eigenvalue weighted by molar-refractivity contribution is -0.259. The van der Waals surface area contributed by atoms with E-state index in [1.807, 2.05) is 0 Å². The molecule has 0 unspecified atom stereocenters. The van der Waals surface area contributed by atoms with Gasteiger partial charge in [-0.15, -0.1) is 0 Å². The monoisotopic (exact) mass is 441 g/mol. The van der Waals surface area contributed by atoms with Gasteiger partial charge < -0.3 is 5.11 Å². The molecule has 2 aromatic carbocycles. The lowest BCUT2D eigenvalue weighted by Gasteiger charge is -2.26. The predicted molar refractivity (Wildman–Crippen MR) is 102 cm³/mol. The smallest absolute Gasteiger partial charge is 0.376 e. The van der Waals surface area contributed by atoms with Gasteiger partial charge in [0, 0.05) is 17.3 Å². The summed E-state index contributed by atoms with van der Waals surface area (Å²) in [4.78, 5) is 3.95. The molecule has 4 nitrogen and oxygen atoms in total. The molecule has 0 aliphatic heterocycles. The Morgan fingerprint density at radius 3 is 2.17 bits per heavy atom. The molecule has 1 atom stereocenters. The molecule has 0 fully saturated rings. The molecule has 1 N–H and O–H groups in total. The van der Waals surface area contributed by atoms with E-state index in [0.717, 1.165) is 12.3 Å². The van der Waals surface area contributed by atoms with Crippen LogP contribution in [-0.4, -0.2) is 24.7 Å². The normalized spacial score (nSPS) is 14.4. The van der Waals surface area contributed by atoms with E-state index in [9.17, 15) is 26.7 Å². The van der Waals surface area contributed by atoms with Crippen molar-refractivity contribution in [3.8, 4) is 11.3 Å². The average Bonchev–Trinajstić information content (AvgIpc) is 2.67. The Morgan fingerprint density at radius 2 is 1.66 bits per heavy atom. The summed E-state index contributed by atoms with van der Waals surface area (Å²) < 4.78 is 64.3. The third-order valence-corrected chi connectivity index (χ3v) is 6.70. The van der Waals surface area contributed by atoms with Gasteiger partial charge in [0.2, 0.25) is 9.84 Å². The number of hydrogen-bond donors (Lipinski definition) is 1. The van der Waals surface area contributed by atoms with E-state index in [1.165, 1.54) is 36.4 Å². The molecule has 3 rings (SSSR count). The lowest BCUT2D eigenvalue weighted by Crippen LogP contribution is -2.39. The molecule has 0 radical (unpaired) electrons. The highest BCUT2D eigenvalue weighted by Gasteiger charge is 2.51. The lowest BCUT2D eigenvalue weighted by atomic mass is 9.96. The van der Waals surface area contributed by atoms with Gasteiger partial charge in [0.1, 0.15) is 0 Å². The second-order valence-electron chi connectivity index (χ2n) is 6.46. The maximum Gasteiger partial charge on any atom is 0.421 e. The first-order valence-electron chi connectivity index (χ1n) is 8.30. The summed E-state index contributed by atoms with van der Waals surface area (Å²) >= 11 is 6.18. The number of benzene rings is 2. The first-order chi connectivity index (χ1) is 13.4. The summed E-state index contributed by atoms with van der Waals surface area (Å²) in [5.41, 5.74) is -2.76. The fourth-order valence-corrected chi connectivity index (χ4v) is 4.44. The van der Waals surface area contributed by atoms with Gasteiger partial charge in [-0.25, -0.2) is 8.42 Å². The van der Waals surface area contributed by atoms with Crippen LogP contribution in [0.3, 0.4) is 0 Å². The molecule has 0 spiro atoms. The minimum atomic E-state index is -4.85. The Balaban J connectivity index is 1.95. The van der Waals surface area contributed by atoms with Gasteiger partial charge in [0.15, 0.2) is 5.60 Å². The number of hydrogen-bond acceptors (Lipinski definition) is 4. The highest BCUT2D eigenvalue weighted by molar-refractivity contribution is 7.91. The van der Waals surface area contributed by atoms with Crippen molar-refractivity contribution in [2.75, 3.05) is 0 Å². The van der Waals surface area contributed by atoms with Gasteiger partial charge in [0.05, 0.1) is 20.5 Å². The van der Waals surface area contributed by atoms with Gasteiger partial charge in [-0.05, 0) is 37.3 Å². The topological polar surface area (TPSA) is 67.3 Å². The molecule has 1 heterocycles. The number of alkyl halides is 3. The second kappa shape index (κ2) is 7.44. The zero-order chi connectivity index (χ0) is 21.4. The zero-order valence-electron chi connectivity index (χ0n) is 15.0. The highest BCUT2D eigenvalue weighted by atomic mass is 35.5. The Morgan fingerprint density at radius 1 is 1.00 bits per heavy atom. The van der Waals surface area contributed by atoms with E-state index in [1.54, 1.807) is 18.2 Å². The molecule has 0 aliphatic rings. The second-order valence-corrected chi connectivity index (χ2v) is 8.79. The van der Waals surface area contributed by atoms with Crippen molar-refractivity contribution < 1.29 is 26.7 Å². The molecule has 9 heteroatoms. The van der Waals surface area contributed by atoms with Crippen LogP contribution in [0.4, 0.5) is 13.2 Å². The van der Waals surface area contributed by atoms with Crippen molar-refractivity contribution in [2.24, 2.45) is 0 Å². The van der Waals surface area contributed by atoms with Crippen molar-refractivity contribution in [3.05, 3.63) is 77.4 Å². The standard InChI is InChI=1S/C20H15ClF3NO3S/c1-19(26,20(22,23)24)14-8-9-17(25-12-14)13-7-10-18(16(21)11-13)29(27,28)15-5-3-2-4-6-15/h2-12,26H,1H3/t19-/m0/s1. The largest absolute Gasteiger partial charge is 0.421 e. The molecule has 0 bridgehead atoms. The Kier molecular flexibility index (Phi) is 5.46. The Labute approximate surface area is 170 Å². The van der Waals surface area contributed by atoms with Crippen LogP contribution in [0.25, 0.3) is 11.3 Å². The van der Waals surface area contributed by atoms with Crippen molar-refractivity contribution >= 4 is 21.4 Å². The zero-order valence-corrected chi connectivity index (χ0v) is 16.6. The molecular formula is C20H15ClF3NO3S. The Bertz CT molecular complexity index is 1130. The number of pyridine rings is 1. The van der Waals surface area contributed by atoms with E-state index in [0.29, 0.717) is 12.5 Å². The van der Waals surface area contributed by atoms with Crippen LogP contribution in [0.2, 0.25) is 5.02 Å². The first kappa shape index (κ1) is 21.3. The minimum Gasteiger partial charge on any atom is -0.376 e. The van der Waals surface area contributed by atoms with Gasteiger partial charge in [-0.2, -0.15) is 13.2 Å². The van der Waals surface area contributed by atoms with Crippen molar-refractivity contribution in [1.82, 2.24) is 4.98 Å². The number of rotatable bonds is 4. The number of sulfone groups is 1. The molecule has 0 aliphatic carbocycles. The fraction of sp³-hybridized carbons (Fsp3) is 0.150. The number of halogens is 4. The summed E-state index contributed by atoms with van der Waals surface area (Å²) in [5, 5.41) is 9.67. The summed E-state index contributed by atoms with van der Waals surface area (Å²) in [7, 11) is -3.82. The van der Waals surface area contributed by atoms with Gasteiger partial charge in [-0.3, -0.25) is 4.98 Å². The summed E-state index contributed by atoms with van der Waals surface area (Å²) in [6, 6.07) is 14.3. The van der Waals surface area contributed by atoms with Crippen LogP contribution in [0.5, 0.6) is 0 Å². The third kappa shape index (κ3) is 4.01. The van der Waals surface area contributed by atoms with E-state index in [4.69, 9.17) is 11.6 Å². The SMILES string of the molecule is C[C@](O)(c1ccc(-c2ccc(S(=O)(=O)c3ccccc3)c(Cl)c2)nc1)C(F)(F)F. The molecule has 3 aromatic rings. The average molecular weight is 442 g/mol. The van der Waals surface area contributed by atoms with E-state index >= 15 is 0 Å². The molecule has 1 aromatic heterocycles. The number of aromatic nitrogens is 1. The van der Waals surface area contributed by atoms with Crippen LogP contribution in [0.1, 0.15) is 12.5 Å². The minimum absolute atomic E-state index is 0.0421. The molecule has 29 heavy (non-hydrogen) atoms. The van der Waals surface area contributed by atoms with Crippen LogP contribution < -0.4 is 0 Å². The van der Waals surface area contributed by atoms with Gasteiger partial charge in [-0.1, -0.05) is 41.9 Å². The van der Waals surface area contributed by atoms with Gasteiger partial charge >= 0.3 is 6.18 Å². The predicted octanol–water partition coefficient (Wildman–Crippen LogP) is 5.00. The van der Waals surface area contributed by atoms with Crippen LogP contribution in [-0.2, 0) is 15.4 Å². The van der Waals surface area contributed by atoms with E-state index in [2.05, 4.69) is 4.98 Å². The first-order valence-corrected chi connectivity index (χ1v) is 10.2. The summed E-state index contributed by atoms with van der Waals surface area (Å²) in [5.74, 6) is 0. The maximum atomic E-state index is 12.9. The molecule has 0 saturated heterocycles. The maximum absolute atomic E-state index is 12.9. The molecular weight excluding hydrogens is 427 g/mol. The van der Waals surface area contributed by atoms with Crippen molar-refractivity contribution in [1.29, 1.82) is 0 Å². The number of aliphatic hydroxyl groups is 1. The van der Waals surface area contributed by atoms with E-state index < -0.39 is 27.2 Å². The quantitative estimate of drug-likeness (QED) is 0.618. The van der Waals surface area contributed by atoms with Crippen molar-refractivity contribution in [3.63, 3.8) is 0 Å². The summed E-state index contributed by atoms with van der Waals surface area (Å²) in [6.07, 6.45) is -3.93. The number of nitrogens with zero attached hydrogens (tertiary/aromatic N) is 1. The molecule has 0 amide bonds. The third-order valence-electron chi connectivity index (χ3n) is 4.45. The molecule has 152 valence electrons. The van der Waals surface area contributed by atoms with Crippen LogP contribution >= 0.6 is 11.6 Å². The van der Waals surface area contributed by atoms with Gasteiger partial charge in [0.25, 0.3) is 0 Å². The van der Waals surface area contributed by atoms with Crippen LogP contribution in [0, 0.1) is 0 Å². The van der Waals surface area contributed by atoms with Crippen molar-refractivity contribution in [2.45, 2.75) is 28.5 Å². The van der Waals surface area contributed by atoms with Crippen LogP contribution in [0.15, 0.2) is 76.7 Å². The summed E-state index contributed by atoms with van der Waals surface area (Å²) in [6.45, 7) is 0.643. The van der Waals surface area contributed by atoms with E-state index in [-0.39, 0.29) is 20.5 Å². The molecule has 0 saturated carbocycles.